The zero-order valence-corrected chi connectivity index (χ0v) is 9.91. The Morgan fingerprint density at radius 2 is 2.41 bits per heavy atom. The van der Waals surface area contributed by atoms with Crippen LogP contribution in [0.15, 0.2) is 32.5 Å². The standard InChI is InChI=1S/C10H11N3O3S/c1-6-4-15-10(12-6)17-5-7-2-3-8(16-7)9(14)13-11/h2-4H,5,11H2,1H3,(H,13,14). The number of carbonyl (C=O) groups is 1. The average Bonchev–Trinajstić information content (AvgIpc) is 2.94. The molecular weight excluding hydrogens is 242 g/mol. The highest BCUT2D eigenvalue weighted by atomic mass is 32.2. The van der Waals surface area contributed by atoms with Crippen molar-refractivity contribution in [3.63, 3.8) is 0 Å². The zero-order chi connectivity index (χ0) is 12.3. The topological polar surface area (TPSA) is 94.3 Å². The SMILES string of the molecule is Cc1coc(SCc2ccc(C(=O)NN)o2)n1. The van der Waals surface area contributed by atoms with Gasteiger partial charge in [0.2, 0.25) is 0 Å². The van der Waals surface area contributed by atoms with E-state index in [1.807, 2.05) is 12.3 Å². The van der Waals surface area contributed by atoms with Gasteiger partial charge in [0.25, 0.3) is 5.22 Å². The maximum atomic E-state index is 11.1. The molecule has 0 aromatic carbocycles. The number of amides is 1. The number of nitrogens with two attached hydrogens (primary N) is 1. The van der Waals surface area contributed by atoms with E-state index < -0.39 is 5.91 Å². The van der Waals surface area contributed by atoms with Crippen molar-refractivity contribution in [3.8, 4) is 0 Å². The van der Waals surface area contributed by atoms with Crippen LogP contribution < -0.4 is 11.3 Å². The molecule has 0 bridgehead atoms. The molecule has 2 aromatic rings. The fourth-order valence-corrected chi connectivity index (χ4v) is 1.93. The lowest BCUT2D eigenvalue weighted by Crippen LogP contribution is -2.29. The Balaban J connectivity index is 1.95. The van der Waals surface area contributed by atoms with E-state index in [2.05, 4.69) is 4.98 Å². The average molecular weight is 253 g/mol. The number of nitrogens with one attached hydrogen (secondary N) is 1. The number of thioether (sulfide) groups is 1. The summed E-state index contributed by atoms with van der Waals surface area (Å²) in [6.07, 6.45) is 1.58. The molecule has 1 amide bonds. The number of aromatic nitrogens is 1. The van der Waals surface area contributed by atoms with Gasteiger partial charge in [0.15, 0.2) is 5.76 Å². The van der Waals surface area contributed by atoms with E-state index in [-0.39, 0.29) is 5.76 Å². The largest absolute Gasteiger partial charge is 0.455 e. The Hall–Kier alpha value is -1.73. The summed E-state index contributed by atoms with van der Waals surface area (Å²) in [4.78, 5) is 15.3. The number of nitrogen functional groups attached to an aromatic ring is 1. The second-order valence-corrected chi connectivity index (χ2v) is 4.21. The highest BCUT2D eigenvalue weighted by Gasteiger charge is 2.10. The third-order valence-electron chi connectivity index (χ3n) is 1.95. The third-order valence-corrected chi connectivity index (χ3v) is 2.82. The molecule has 90 valence electrons. The first-order valence-electron chi connectivity index (χ1n) is 4.83. The maximum absolute atomic E-state index is 11.1. The molecule has 0 atom stereocenters. The number of hydrogen-bond acceptors (Lipinski definition) is 6. The van der Waals surface area contributed by atoms with Crippen LogP contribution >= 0.6 is 11.8 Å². The van der Waals surface area contributed by atoms with Gasteiger partial charge in [-0.1, -0.05) is 11.8 Å². The van der Waals surface area contributed by atoms with Gasteiger partial charge in [0, 0.05) is 0 Å². The summed E-state index contributed by atoms with van der Waals surface area (Å²) in [5, 5.41) is 0.573. The van der Waals surface area contributed by atoms with E-state index in [9.17, 15) is 4.79 Å². The fraction of sp³-hybridized carbons (Fsp3) is 0.200. The molecule has 3 N–H and O–H groups in total. The summed E-state index contributed by atoms with van der Waals surface area (Å²) in [6.45, 7) is 1.85. The van der Waals surface area contributed by atoms with E-state index in [0.29, 0.717) is 16.7 Å². The van der Waals surface area contributed by atoms with Crippen LogP contribution in [0.25, 0.3) is 0 Å². The van der Waals surface area contributed by atoms with Gasteiger partial charge in [-0.2, -0.15) is 0 Å². The lowest BCUT2D eigenvalue weighted by molar-refractivity contribution is 0.0924. The van der Waals surface area contributed by atoms with Gasteiger partial charge >= 0.3 is 5.91 Å². The molecule has 0 aliphatic rings. The second-order valence-electron chi connectivity index (χ2n) is 3.28. The Morgan fingerprint density at radius 3 is 3.06 bits per heavy atom. The first-order chi connectivity index (χ1) is 8.19. The first-order valence-corrected chi connectivity index (χ1v) is 5.82. The van der Waals surface area contributed by atoms with Crippen molar-refractivity contribution in [2.75, 3.05) is 0 Å². The van der Waals surface area contributed by atoms with Gasteiger partial charge < -0.3 is 8.83 Å². The van der Waals surface area contributed by atoms with Crippen molar-refractivity contribution < 1.29 is 13.6 Å². The smallest absolute Gasteiger partial charge is 0.300 e. The number of oxazole rings is 1. The van der Waals surface area contributed by atoms with Crippen LogP contribution in [0.4, 0.5) is 0 Å². The van der Waals surface area contributed by atoms with Crippen molar-refractivity contribution in [3.05, 3.63) is 35.6 Å². The molecule has 0 unspecified atom stereocenters. The normalized spacial score (nSPS) is 10.5. The monoisotopic (exact) mass is 253 g/mol. The minimum absolute atomic E-state index is 0.187. The number of rotatable bonds is 4. The molecule has 0 spiro atoms. The van der Waals surface area contributed by atoms with Crippen LogP contribution in [-0.2, 0) is 5.75 Å². The Morgan fingerprint density at radius 1 is 1.59 bits per heavy atom. The molecule has 2 heterocycles. The molecule has 17 heavy (non-hydrogen) atoms. The van der Waals surface area contributed by atoms with Crippen LogP contribution in [-0.4, -0.2) is 10.9 Å². The summed E-state index contributed by atoms with van der Waals surface area (Å²) in [5.41, 5.74) is 2.83. The molecule has 0 saturated carbocycles. The molecule has 0 fully saturated rings. The predicted molar refractivity (Wildman–Crippen MR) is 61.2 cm³/mol. The molecular formula is C10H11N3O3S. The number of carbonyl (C=O) groups excluding carboxylic acids is 1. The van der Waals surface area contributed by atoms with Crippen molar-refractivity contribution in [1.82, 2.24) is 10.4 Å². The quantitative estimate of drug-likeness (QED) is 0.371. The second kappa shape index (κ2) is 5.07. The minimum Gasteiger partial charge on any atom is -0.455 e. The molecule has 2 aromatic heterocycles. The Bertz CT molecular complexity index is 520. The lowest BCUT2D eigenvalue weighted by Gasteiger charge is -1.94. The molecule has 2 rings (SSSR count). The number of hydrogen-bond donors (Lipinski definition) is 2. The molecule has 7 heteroatoms. The van der Waals surface area contributed by atoms with E-state index in [1.54, 1.807) is 18.4 Å². The van der Waals surface area contributed by atoms with Gasteiger partial charge in [0.1, 0.15) is 12.0 Å². The van der Waals surface area contributed by atoms with Crippen LogP contribution in [0.5, 0.6) is 0 Å². The van der Waals surface area contributed by atoms with E-state index in [4.69, 9.17) is 14.7 Å². The van der Waals surface area contributed by atoms with E-state index in [1.165, 1.54) is 11.8 Å². The Labute approximate surface area is 102 Å². The molecule has 0 aliphatic heterocycles. The number of hydrazine groups is 1. The number of nitrogens with zero attached hydrogens (tertiary/aromatic N) is 1. The van der Waals surface area contributed by atoms with Gasteiger partial charge in [-0.25, -0.2) is 10.8 Å². The summed E-state index contributed by atoms with van der Waals surface area (Å²) in [6, 6.07) is 3.28. The molecule has 6 nitrogen and oxygen atoms in total. The van der Waals surface area contributed by atoms with E-state index >= 15 is 0 Å². The van der Waals surface area contributed by atoms with Crippen LogP contribution in [0.2, 0.25) is 0 Å². The van der Waals surface area contributed by atoms with Crippen LogP contribution in [0.3, 0.4) is 0 Å². The summed E-state index contributed by atoms with van der Waals surface area (Å²) in [7, 11) is 0. The number of furan rings is 1. The fourth-order valence-electron chi connectivity index (χ4n) is 1.18. The summed E-state index contributed by atoms with van der Waals surface area (Å²) < 4.78 is 10.5. The minimum atomic E-state index is -0.451. The lowest BCUT2D eigenvalue weighted by atomic mass is 10.4. The third kappa shape index (κ3) is 2.89. The van der Waals surface area contributed by atoms with Crippen LogP contribution in [0.1, 0.15) is 22.0 Å². The first kappa shape index (κ1) is 11.7. The van der Waals surface area contributed by atoms with Crippen molar-refractivity contribution >= 4 is 17.7 Å². The van der Waals surface area contributed by atoms with Gasteiger partial charge in [-0.3, -0.25) is 10.2 Å². The Kier molecular flexibility index (Phi) is 3.50. The highest BCUT2D eigenvalue weighted by molar-refractivity contribution is 7.98. The molecule has 0 aliphatic carbocycles. The zero-order valence-electron chi connectivity index (χ0n) is 9.10. The molecule has 0 saturated heterocycles. The summed E-state index contributed by atoms with van der Waals surface area (Å²) in [5.74, 6) is 5.92. The van der Waals surface area contributed by atoms with E-state index in [0.717, 1.165) is 5.69 Å². The van der Waals surface area contributed by atoms with Crippen molar-refractivity contribution in [2.24, 2.45) is 5.84 Å². The van der Waals surface area contributed by atoms with Crippen molar-refractivity contribution in [2.45, 2.75) is 17.9 Å². The van der Waals surface area contributed by atoms with Crippen LogP contribution in [0, 0.1) is 6.92 Å². The maximum Gasteiger partial charge on any atom is 0.300 e. The summed E-state index contributed by atoms with van der Waals surface area (Å²) >= 11 is 1.39. The number of aryl methyl sites for hydroxylation is 1. The van der Waals surface area contributed by atoms with Crippen molar-refractivity contribution in [1.29, 1.82) is 0 Å². The van der Waals surface area contributed by atoms with Gasteiger partial charge in [-0.05, 0) is 19.1 Å². The highest BCUT2D eigenvalue weighted by Crippen LogP contribution is 2.22. The molecule has 0 radical (unpaired) electrons. The van der Waals surface area contributed by atoms with Gasteiger partial charge in [0.05, 0.1) is 11.4 Å². The predicted octanol–water partition coefficient (Wildman–Crippen LogP) is 1.47. The van der Waals surface area contributed by atoms with Gasteiger partial charge in [-0.15, -0.1) is 0 Å².